The smallest absolute Gasteiger partial charge is 0.253 e. The van der Waals surface area contributed by atoms with Crippen LogP contribution in [-0.4, -0.2) is 50.4 Å². The summed E-state index contributed by atoms with van der Waals surface area (Å²) < 4.78 is 1.98. The zero-order chi connectivity index (χ0) is 21.8. The van der Waals surface area contributed by atoms with Gasteiger partial charge in [-0.25, -0.2) is 4.98 Å². The van der Waals surface area contributed by atoms with Gasteiger partial charge in [0.05, 0.1) is 5.56 Å². The second-order valence-corrected chi connectivity index (χ2v) is 8.81. The van der Waals surface area contributed by atoms with Crippen LogP contribution in [0.5, 0.6) is 0 Å². The number of rotatable bonds is 6. The van der Waals surface area contributed by atoms with Crippen LogP contribution in [0.4, 0.5) is 0 Å². The Morgan fingerprint density at radius 3 is 2.52 bits per heavy atom. The number of hydrogen-bond donors (Lipinski definition) is 1. The number of amides is 2. The van der Waals surface area contributed by atoms with E-state index in [1.165, 1.54) is 12.8 Å². The molecule has 2 aromatic rings. The van der Waals surface area contributed by atoms with Gasteiger partial charge in [-0.05, 0) is 44.7 Å². The standard InChI is InChI=1S/C24H33N5O2/c1-3-22-25-12-15-29(22)17(2)24(31)28-13-10-18(11-14-28)21-9-8-19(16-26-21)23(30)27-20-6-4-5-7-20/h8-9,12,15-18,20H,3-7,10-11,13-14H2,1-2H3,(H,27,30). The van der Waals surface area contributed by atoms with E-state index >= 15 is 0 Å². The monoisotopic (exact) mass is 423 g/mol. The molecule has 1 N–H and O–H groups in total. The summed E-state index contributed by atoms with van der Waals surface area (Å²) in [5.41, 5.74) is 1.64. The maximum atomic E-state index is 13.0. The molecule has 7 heteroatoms. The SMILES string of the molecule is CCc1nccn1C(C)C(=O)N1CCC(c2ccc(C(=O)NC3CCCC3)cn2)CC1. The van der Waals surface area contributed by atoms with E-state index in [4.69, 9.17) is 0 Å². The fourth-order valence-corrected chi connectivity index (χ4v) is 4.87. The molecule has 2 aromatic heterocycles. The Kier molecular flexibility index (Phi) is 6.68. The molecular weight excluding hydrogens is 390 g/mol. The van der Waals surface area contributed by atoms with E-state index in [1.807, 2.05) is 34.7 Å². The van der Waals surface area contributed by atoms with Crippen molar-refractivity contribution in [1.82, 2.24) is 24.8 Å². The average Bonchev–Trinajstić information content (AvgIpc) is 3.50. The molecular formula is C24H33N5O2. The number of aryl methyl sites for hydroxylation is 1. The van der Waals surface area contributed by atoms with Crippen LogP contribution in [0.1, 0.15) is 86.2 Å². The normalized spacial score (nSPS) is 18.8. The first kappa shape index (κ1) is 21.5. The predicted molar refractivity (Wildman–Crippen MR) is 119 cm³/mol. The van der Waals surface area contributed by atoms with Crippen LogP contribution in [0.2, 0.25) is 0 Å². The van der Waals surface area contributed by atoms with Crippen LogP contribution in [0.25, 0.3) is 0 Å². The molecule has 31 heavy (non-hydrogen) atoms. The van der Waals surface area contributed by atoms with Gasteiger partial charge >= 0.3 is 0 Å². The lowest BCUT2D eigenvalue weighted by molar-refractivity contribution is -0.135. The van der Waals surface area contributed by atoms with E-state index in [1.54, 1.807) is 12.4 Å². The first-order valence-electron chi connectivity index (χ1n) is 11.6. The van der Waals surface area contributed by atoms with Crippen molar-refractivity contribution in [1.29, 1.82) is 0 Å². The number of pyridine rings is 1. The van der Waals surface area contributed by atoms with Gasteiger partial charge in [-0.1, -0.05) is 19.8 Å². The number of carbonyl (C=O) groups is 2. The lowest BCUT2D eigenvalue weighted by atomic mass is 9.92. The third-order valence-electron chi connectivity index (χ3n) is 6.80. The molecule has 0 spiro atoms. The van der Waals surface area contributed by atoms with Crippen LogP contribution in [0.15, 0.2) is 30.7 Å². The van der Waals surface area contributed by atoms with Crippen molar-refractivity contribution in [3.63, 3.8) is 0 Å². The van der Waals surface area contributed by atoms with Crippen LogP contribution < -0.4 is 5.32 Å². The summed E-state index contributed by atoms with van der Waals surface area (Å²) in [5, 5.41) is 3.11. The molecule has 2 amide bonds. The Morgan fingerprint density at radius 2 is 1.87 bits per heavy atom. The van der Waals surface area contributed by atoms with E-state index in [-0.39, 0.29) is 17.9 Å². The topological polar surface area (TPSA) is 80.1 Å². The minimum atomic E-state index is -0.232. The van der Waals surface area contributed by atoms with E-state index in [0.29, 0.717) is 17.5 Å². The van der Waals surface area contributed by atoms with E-state index in [9.17, 15) is 9.59 Å². The molecule has 2 aliphatic rings. The molecule has 2 fully saturated rings. The molecule has 0 bridgehead atoms. The minimum Gasteiger partial charge on any atom is -0.349 e. The van der Waals surface area contributed by atoms with Gasteiger partial charge in [0.2, 0.25) is 5.91 Å². The van der Waals surface area contributed by atoms with Gasteiger partial charge in [0.1, 0.15) is 11.9 Å². The molecule has 1 aliphatic heterocycles. The Balaban J connectivity index is 1.31. The maximum absolute atomic E-state index is 13.0. The summed E-state index contributed by atoms with van der Waals surface area (Å²) in [5.74, 6) is 1.40. The van der Waals surface area contributed by atoms with Gasteiger partial charge in [0.25, 0.3) is 5.91 Å². The van der Waals surface area contributed by atoms with Crippen LogP contribution >= 0.6 is 0 Å². The highest BCUT2D eigenvalue weighted by molar-refractivity contribution is 5.94. The largest absolute Gasteiger partial charge is 0.349 e. The molecule has 1 aliphatic carbocycles. The van der Waals surface area contributed by atoms with Crippen molar-refractivity contribution in [2.45, 2.75) is 76.8 Å². The molecule has 1 saturated carbocycles. The molecule has 0 radical (unpaired) electrons. The highest BCUT2D eigenvalue weighted by atomic mass is 16.2. The number of likely N-dealkylation sites (tertiary alicyclic amines) is 1. The quantitative estimate of drug-likeness (QED) is 0.771. The Bertz CT molecular complexity index is 893. The van der Waals surface area contributed by atoms with E-state index < -0.39 is 0 Å². The summed E-state index contributed by atoms with van der Waals surface area (Å²) in [7, 11) is 0. The number of imidazole rings is 1. The molecule has 7 nitrogen and oxygen atoms in total. The Labute approximate surface area is 184 Å². The van der Waals surface area contributed by atoms with Crippen molar-refractivity contribution in [3.8, 4) is 0 Å². The number of hydrogen-bond acceptors (Lipinski definition) is 4. The molecule has 1 atom stereocenters. The van der Waals surface area contributed by atoms with Crippen molar-refractivity contribution in [3.05, 3.63) is 47.8 Å². The number of nitrogens with zero attached hydrogens (tertiary/aromatic N) is 4. The predicted octanol–water partition coefficient (Wildman–Crippen LogP) is 3.48. The minimum absolute atomic E-state index is 0.0219. The second kappa shape index (κ2) is 9.62. The van der Waals surface area contributed by atoms with E-state index in [0.717, 1.165) is 56.7 Å². The van der Waals surface area contributed by atoms with Crippen molar-refractivity contribution < 1.29 is 9.59 Å². The number of nitrogens with one attached hydrogen (secondary N) is 1. The first-order chi connectivity index (χ1) is 15.1. The molecule has 4 rings (SSSR count). The van der Waals surface area contributed by atoms with Crippen molar-refractivity contribution in [2.75, 3.05) is 13.1 Å². The van der Waals surface area contributed by atoms with Crippen molar-refractivity contribution >= 4 is 11.8 Å². The Morgan fingerprint density at radius 1 is 1.13 bits per heavy atom. The van der Waals surface area contributed by atoms with Crippen LogP contribution in [0, 0.1) is 0 Å². The van der Waals surface area contributed by atoms with Gasteiger partial charge in [0, 0.05) is 55.8 Å². The van der Waals surface area contributed by atoms with Gasteiger partial charge < -0.3 is 14.8 Å². The fraction of sp³-hybridized carbons (Fsp3) is 0.583. The maximum Gasteiger partial charge on any atom is 0.253 e. The van der Waals surface area contributed by atoms with Gasteiger partial charge in [0.15, 0.2) is 0 Å². The summed E-state index contributed by atoms with van der Waals surface area (Å²) in [6, 6.07) is 3.95. The van der Waals surface area contributed by atoms with Crippen LogP contribution in [-0.2, 0) is 11.2 Å². The molecule has 1 saturated heterocycles. The van der Waals surface area contributed by atoms with Gasteiger partial charge in [-0.3, -0.25) is 14.6 Å². The highest BCUT2D eigenvalue weighted by Crippen LogP contribution is 2.28. The second-order valence-electron chi connectivity index (χ2n) is 8.81. The molecule has 166 valence electrons. The molecule has 0 aromatic carbocycles. The molecule has 1 unspecified atom stereocenters. The summed E-state index contributed by atoms with van der Waals surface area (Å²) in [4.78, 5) is 36.3. The Hall–Kier alpha value is -2.70. The lowest BCUT2D eigenvalue weighted by Gasteiger charge is -2.33. The summed E-state index contributed by atoms with van der Waals surface area (Å²) in [6.07, 6.45) is 12.5. The average molecular weight is 424 g/mol. The fourth-order valence-electron chi connectivity index (χ4n) is 4.87. The summed E-state index contributed by atoms with van der Waals surface area (Å²) in [6.45, 7) is 5.47. The van der Waals surface area contributed by atoms with Crippen LogP contribution in [0.3, 0.4) is 0 Å². The number of aromatic nitrogens is 3. The number of piperidine rings is 1. The molecule has 3 heterocycles. The third kappa shape index (κ3) is 4.81. The number of carbonyl (C=O) groups excluding carboxylic acids is 2. The zero-order valence-corrected chi connectivity index (χ0v) is 18.6. The van der Waals surface area contributed by atoms with E-state index in [2.05, 4.69) is 22.2 Å². The van der Waals surface area contributed by atoms with Crippen molar-refractivity contribution in [2.24, 2.45) is 0 Å². The lowest BCUT2D eigenvalue weighted by Crippen LogP contribution is -2.41. The summed E-state index contributed by atoms with van der Waals surface area (Å²) >= 11 is 0. The zero-order valence-electron chi connectivity index (χ0n) is 18.6. The third-order valence-corrected chi connectivity index (χ3v) is 6.80. The van der Waals surface area contributed by atoms with Gasteiger partial charge in [-0.2, -0.15) is 0 Å². The van der Waals surface area contributed by atoms with Gasteiger partial charge in [-0.15, -0.1) is 0 Å². The first-order valence-corrected chi connectivity index (χ1v) is 11.6. The highest BCUT2D eigenvalue weighted by Gasteiger charge is 2.28.